The maximum Gasteiger partial charge on any atom is 0.410 e. The number of ether oxygens (including phenoxy) is 1. The van der Waals surface area contributed by atoms with E-state index in [4.69, 9.17) is 10.5 Å². The van der Waals surface area contributed by atoms with Crippen LogP contribution in [-0.4, -0.2) is 30.6 Å². The Kier molecular flexibility index (Phi) is 3.66. The van der Waals surface area contributed by atoms with Gasteiger partial charge in [-0.15, -0.1) is 0 Å². The van der Waals surface area contributed by atoms with Gasteiger partial charge in [-0.05, 0) is 42.7 Å². The molecule has 0 aromatic heterocycles. The molecule has 20 heavy (non-hydrogen) atoms. The highest BCUT2D eigenvalue weighted by molar-refractivity contribution is 5.67. The topological polar surface area (TPSA) is 55.6 Å². The number of nitrogens with zero attached hydrogens (tertiary/aromatic N) is 1. The van der Waals surface area contributed by atoms with Crippen LogP contribution in [0.25, 0.3) is 0 Å². The molecular formula is C16H22N2O2. The fourth-order valence-electron chi connectivity index (χ4n) is 3.32. The zero-order valence-corrected chi connectivity index (χ0v) is 11.8. The summed E-state index contributed by atoms with van der Waals surface area (Å²) < 4.78 is 5.37. The molecule has 108 valence electrons. The summed E-state index contributed by atoms with van der Waals surface area (Å²) in [5.41, 5.74) is 7.22. The van der Waals surface area contributed by atoms with Gasteiger partial charge in [0.15, 0.2) is 0 Å². The fourth-order valence-corrected chi connectivity index (χ4v) is 3.32. The Labute approximate surface area is 119 Å². The predicted molar refractivity (Wildman–Crippen MR) is 77.0 cm³/mol. The van der Waals surface area contributed by atoms with Crippen LogP contribution in [0.5, 0.6) is 0 Å². The van der Waals surface area contributed by atoms with E-state index >= 15 is 0 Å². The van der Waals surface area contributed by atoms with Gasteiger partial charge in [-0.1, -0.05) is 30.3 Å². The van der Waals surface area contributed by atoms with Crippen LogP contribution in [0.3, 0.4) is 0 Å². The molecule has 1 amide bonds. The minimum absolute atomic E-state index is 0.186. The Bertz CT molecular complexity index is 467. The summed E-state index contributed by atoms with van der Waals surface area (Å²) in [5.74, 6) is 0.685. The van der Waals surface area contributed by atoms with E-state index < -0.39 is 0 Å². The molecule has 1 saturated heterocycles. The second-order valence-electron chi connectivity index (χ2n) is 6.03. The summed E-state index contributed by atoms with van der Waals surface area (Å²) in [4.78, 5) is 13.9. The molecule has 0 radical (unpaired) electrons. The molecule has 3 rings (SSSR count). The van der Waals surface area contributed by atoms with Gasteiger partial charge in [-0.2, -0.15) is 0 Å². The zero-order chi connectivity index (χ0) is 14.0. The summed E-state index contributed by atoms with van der Waals surface area (Å²) in [6.07, 6.45) is 3.22. The van der Waals surface area contributed by atoms with Crippen molar-refractivity contribution in [2.24, 2.45) is 17.1 Å². The zero-order valence-electron chi connectivity index (χ0n) is 11.8. The first-order chi connectivity index (χ1) is 9.73. The van der Waals surface area contributed by atoms with Crippen molar-refractivity contribution in [2.45, 2.75) is 25.9 Å². The van der Waals surface area contributed by atoms with Gasteiger partial charge in [0.25, 0.3) is 0 Å². The van der Waals surface area contributed by atoms with E-state index in [0.717, 1.165) is 38.0 Å². The van der Waals surface area contributed by atoms with Crippen molar-refractivity contribution >= 4 is 6.09 Å². The highest BCUT2D eigenvalue weighted by atomic mass is 16.6. The van der Waals surface area contributed by atoms with Gasteiger partial charge < -0.3 is 15.4 Å². The third-order valence-electron chi connectivity index (χ3n) is 4.87. The number of carbonyl (C=O) groups is 1. The van der Waals surface area contributed by atoms with Gasteiger partial charge >= 0.3 is 6.09 Å². The minimum Gasteiger partial charge on any atom is -0.445 e. The number of piperidine rings is 1. The summed E-state index contributed by atoms with van der Waals surface area (Å²) in [7, 11) is 0. The summed E-state index contributed by atoms with van der Waals surface area (Å²) >= 11 is 0. The Morgan fingerprint density at radius 1 is 1.30 bits per heavy atom. The number of hydrogen-bond acceptors (Lipinski definition) is 3. The van der Waals surface area contributed by atoms with Crippen LogP contribution in [0.1, 0.15) is 24.8 Å². The first kappa shape index (κ1) is 13.4. The molecule has 1 unspecified atom stereocenters. The van der Waals surface area contributed by atoms with Gasteiger partial charge in [0, 0.05) is 13.1 Å². The molecule has 2 N–H and O–H groups in total. The lowest BCUT2D eigenvalue weighted by Crippen LogP contribution is -2.40. The van der Waals surface area contributed by atoms with Gasteiger partial charge in [0.1, 0.15) is 6.61 Å². The van der Waals surface area contributed by atoms with Crippen molar-refractivity contribution in [3.8, 4) is 0 Å². The van der Waals surface area contributed by atoms with E-state index in [2.05, 4.69) is 0 Å². The van der Waals surface area contributed by atoms with Gasteiger partial charge in [0.2, 0.25) is 0 Å². The second kappa shape index (κ2) is 5.44. The molecule has 1 aromatic carbocycles. The van der Waals surface area contributed by atoms with Crippen LogP contribution >= 0.6 is 0 Å². The van der Waals surface area contributed by atoms with E-state index in [-0.39, 0.29) is 6.09 Å². The average molecular weight is 274 g/mol. The van der Waals surface area contributed by atoms with Gasteiger partial charge in [-0.25, -0.2) is 4.79 Å². The van der Waals surface area contributed by atoms with Crippen molar-refractivity contribution in [3.63, 3.8) is 0 Å². The number of likely N-dealkylation sites (tertiary alicyclic amines) is 1. The first-order valence-corrected chi connectivity index (χ1v) is 7.39. The molecular weight excluding hydrogens is 252 g/mol. The normalized spacial score (nSPS) is 23.6. The van der Waals surface area contributed by atoms with Crippen molar-refractivity contribution in [1.82, 2.24) is 4.90 Å². The lowest BCUT2D eigenvalue weighted by Gasteiger charge is -2.32. The molecule has 1 atom stereocenters. The van der Waals surface area contributed by atoms with Crippen LogP contribution in [0.4, 0.5) is 4.79 Å². The maximum atomic E-state index is 12.0. The highest BCUT2D eigenvalue weighted by Crippen LogP contribution is 2.58. The van der Waals surface area contributed by atoms with Crippen LogP contribution in [0.2, 0.25) is 0 Å². The lowest BCUT2D eigenvalue weighted by molar-refractivity contribution is 0.0781. The summed E-state index contributed by atoms with van der Waals surface area (Å²) in [5, 5.41) is 0. The van der Waals surface area contributed by atoms with Crippen LogP contribution in [0.15, 0.2) is 30.3 Å². The highest BCUT2D eigenvalue weighted by Gasteiger charge is 2.54. The second-order valence-corrected chi connectivity index (χ2v) is 6.03. The lowest BCUT2D eigenvalue weighted by atomic mass is 9.91. The van der Waals surface area contributed by atoms with Crippen LogP contribution < -0.4 is 5.73 Å². The molecule has 2 aliphatic rings. The Morgan fingerprint density at radius 3 is 2.60 bits per heavy atom. The molecule has 0 bridgehead atoms. The molecule has 4 heteroatoms. The first-order valence-electron chi connectivity index (χ1n) is 7.39. The quantitative estimate of drug-likeness (QED) is 0.920. The molecule has 1 spiro atoms. The number of hydrogen-bond donors (Lipinski definition) is 1. The molecule has 1 aliphatic carbocycles. The monoisotopic (exact) mass is 274 g/mol. The smallest absolute Gasteiger partial charge is 0.410 e. The average Bonchev–Trinajstić information content (AvgIpc) is 3.19. The van der Waals surface area contributed by atoms with Crippen molar-refractivity contribution in [3.05, 3.63) is 35.9 Å². The van der Waals surface area contributed by atoms with E-state index in [0.29, 0.717) is 17.9 Å². The SMILES string of the molecule is NCC1CC12CCN(C(=O)OCc1ccccc1)CC2. The van der Waals surface area contributed by atoms with Gasteiger partial charge in [0.05, 0.1) is 0 Å². The van der Waals surface area contributed by atoms with E-state index in [1.165, 1.54) is 6.42 Å². The van der Waals surface area contributed by atoms with Crippen molar-refractivity contribution in [1.29, 1.82) is 0 Å². The third kappa shape index (κ3) is 2.66. The standard InChI is InChI=1S/C16H22N2O2/c17-11-14-10-16(14)6-8-18(9-7-16)15(19)20-12-13-4-2-1-3-5-13/h1-5,14H,6-12,17H2. The van der Waals surface area contributed by atoms with Crippen LogP contribution in [-0.2, 0) is 11.3 Å². The molecule has 1 aromatic rings. The van der Waals surface area contributed by atoms with E-state index in [1.807, 2.05) is 35.2 Å². The van der Waals surface area contributed by atoms with E-state index in [1.54, 1.807) is 0 Å². The maximum absolute atomic E-state index is 12.0. The molecule has 2 fully saturated rings. The molecule has 1 aliphatic heterocycles. The number of benzene rings is 1. The molecule has 4 nitrogen and oxygen atoms in total. The summed E-state index contributed by atoms with van der Waals surface area (Å²) in [6.45, 7) is 2.76. The van der Waals surface area contributed by atoms with Crippen molar-refractivity contribution in [2.75, 3.05) is 19.6 Å². The Morgan fingerprint density at radius 2 is 2.00 bits per heavy atom. The van der Waals surface area contributed by atoms with Crippen molar-refractivity contribution < 1.29 is 9.53 Å². The Hall–Kier alpha value is -1.55. The predicted octanol–water partition coefficient (Wildman–Crippen LogP) is 2.38. The fraction of sp³-hybridized carbons (Fsp3) is 0.562. The number of carbonyl (C=O) groups excluding carboxylic acids is 1. The minimum atomic E-state index is -0.186. The number of amides is 1. The third-order valence-corrected chi connectivity index (χ3v) is 4.87. The Balaban J connectivity index is 1.45. The van der Waals surface area contributed by atoms with Gasteiger partial charge in [-0.3, -0.25) is 0 Å². The molecule has 1 heterocycles. The van der Waals surface area contributed by atoms with Crippen LogP contribution in [0, 0.1) is 11.3 Å². The van der Waals surface area contributed by atoms with E-state index in [9.17, 15) is 4.79 Å². The number of nitrogens with two attached hydrogens (primary N) is 1. The largest absolute Gasteiger partial charge is 0.445 e. The number of rotatable bonds is 3. The summed E-state index contributed by atoms with van der Waals surface area (Å²) in [6, 6.07) is 9.80. The molecule has 1 saturated carbocycles.